The molecule has 140 valence electrons. The average Bonchev–Trinajstić information content (AvgIpc) is 3.24. The van der Waals surface area contributed by atoms with Crippen LogP contribution in [0.5, 0.6) is 0 Å². The quantitative estimate of drug-likeness (QED) is 0.813. The Bertz CT molecular complexity index is 787. The second kappa shape index (κ2) is 8.50. The molecular formula is C18H22ClN3O2S2. The summed E-state index contributed by atoms with van der Waals surface area (Å²) in [5.74, 6) is 0.0675. The lowest BCUT2D eigenvalue weighted by molar-refractivity contribution is -0.133. The van der Waals surface area contributed by atoms with Crippen molar-refractivity contribution in [3.05, 3.63) is 27.5 Å². The van der Waals surface area contributed by atoms with Gasteiger partial charge in [0.2, 0.25) is 11.8 Å². The number of hydrogen-bond acceptors (Lipinski definition) is 5. The lowest BCUT2D eigenvalue weighted by atomic mass is 10.0. The Hall–Kier alpha value is -1.44. The van der Waals surface area contributed by atoms with Crippen molar-refractivity contribution in [1.29, 1.82) is 0 Å². The first-order chi connectivity index (χ1) is 12.4. The molecule has 1 atom stereocenters. The molecule has 1 N–H and O–H groups in total. The summed E-state index contributed by atoms with van der Waals surface area (Å²) in [6, 6.07) is 3.85. The summed E-state index contributed by atoms with van der Waals surface area (Å²) >= 11 is 8.99. The number of carbonyl (C=O) groups excluding carboxylic acids is 2. The van der Waals surface area contributed by atoms with E-state index >= 15 is 0 Å². The molecule has 2 aromatic rings. The van der Waals surface area contributed by atoms with Gasteiger partial charge in [0.1, 0.15) is 5.01 Å². The number of halogens is 1. The van der Waals surface area contributed by atoms with E-state index in [2.05, 4.69) is 10.3 Å². The summed E-state index contributed by atoms with van der Waals surface area (Å²) in [6.45, 7) is 5.07. The van der Waals surface area contributed by atoms with Crippen LogP contribution in [-0.2, 0) is 16.0 Å². The predicted octanol–water partition coefficient (Wildman–Crippen LogP) is 3.83. The highest BCUT2D eigenvalue weighted by molar-refractivity contribution is 7.23. The van der Waals surface area contributed by atoms with Crippen LogP contribution in [0.2, 0.25) is 4.34 Å². The van der Waals surface area contributed by atoms with E-state index in [1.165, 1.54) is 22.7 Å². The van der Waals surface area contributed by atoms with Crippen LogP contribution in [0.4, 0.5) is 0 Å². The van der Waals surface area contributed by atoms with Crippen molar-refractivity contribution < 1.29 is 9.59 Å². The summed E-state index contributed by atoms with van der Waals surface area (Å²) in [5.41, 5.74) is 0.785. The molecule has 0 spiro atoms. The van der Waals surface area contributed by atoms with Crippen molar-refractivity contribution in [2.24, 2.45) is 5.92 Å². The van der Waals surface area contributed by atoms with Gasteiger partial charge in [0.05, 0.1) is 21.3 Å². The highest BCUT2D eigenvalue weighted by Gasteiger charge is 2.25. The molecule has 1 unspecified atom stereocenters. The molecule has 0 aromatic carbocycles. The number of hydrogen-bond donors (Lipinski definition) is 1. The van der Waals surface area contributed by atoms with Crippen LogP contribution in [0.15, 0.2) is 17.5 Å². The van der Waals surface area contributed by atoms with E-state index < -0.39 is 0 Å². The Morgan fingerprint density at radius 1 is 1.42 bits per heavy atom. The molecule has 1 saturated heterocycles. The summed E-state index contributed by atoms with van der Waals surface area (Å²) in [6.07, 6.45) is 2.12. The van der Waals surface area contributed by atoms with Gasteiger partial charge >= 0.3 is 0 Å². The average molecular weight is 412 g/mol. The molecule has 0 saturated carbocycles. The maximum atomic E-state index is 12.6. The van der Waals surface area contributed by atoms with Gasteiger partial charge < -0.3 is 10.2 Å². The van der Waals surface area contributed by atoms with Gasteiger partial charge in [-0.25, -0.2) is 4.98 Å². The lowest BCUT2D eigenvalue weighted by Crippen LogP contribution is -2.50. The number of nitrogens with one attached hydrogen (secondary N) is 1. The van der Waals surface area contributed by atoms with Crippen LogP contribution in [0.25, 0.3) is 9.88 Å². The fourth-order valence-corrected chi connectivity index (χ4v) is 4.82. The molecule has 26 heavy (non-hydrogen) atoms. The molecular weight excluding hydrogens is 390 g/mol. The predicted molar refractivity (Wildman–Crippen MR) is 107 cm³/mol. The molecule has 0 bridgehead atoms. The normalized spacial score (nSPS) is 17.5. The molecule has 2 amide bonds. The maximum Gasteiger partial charge on any atom is 0.228 e. The molecule has 1 fully saturated rings. The molecule has 0 aliphatic carbocycles. The highest BCUT2D eigenvalue weighted by Crippen LogP contribution is 2.33. The number of aromatic nitrogens is 1. The number of thiazole rings is 1. The van der Waals surface area contributed by atoms with Crippen LogP contribution in [0.1, 0.15) is 32.4 Å². The molecule has 0 radical (unpaired) electrons. The number of carbonyl (C=O) groups is 2. The van der Waals surface area contributed by atoms with Crippen LogP contribution < -0.4 is 5.32 Å². The first-order valence-corrected chi connectivity index (χ1v) is 10.8. The fourth-order valence-electron chi connectivity index (χ4n) is 2.89. The van der Waals surface area contributed by atoms with Gasteiger partial charge in [-0.1, -0.05) is 25.4 Å². The SMILES string of the molecule is CC(C)C(=O)NC1CCCN(C(=O)Cc2csc(-c3ccc(Cl)s3)n2)C1. The first kappa shape index (κ1) is 19.3. The lowest BCUT2D eigenvalue weighted by Gasteiger charge is -2.33. The number of likely N-dealkylation sites (tertiary alicyclic amines) is 1. The van der Waals surface area contributed by atoms with Crippen molar-refractivity contribution >= 4 is 46.1 Å². The van der Waals surface area contributed by atoms with Gasteiger partial charge in [0.25, 0.3) is 0 Å². The fraction of sp³-hybridized carbons (Fsp3) is 0.500. The third-order valence-electron chi connectivity index (χ3n) is 4.31. The largest absolute Gasteiger partial charge is 0.351 e. The van der Waals surface area contributed by atoms with Gasteiger partial charge in [-0.3, -0.25) is 9.59 Å². The molecule has 1 aliphatic heterocycles. The van der Waals surface area contributed by atoms with E-state index in [-0.39, 0.29) is 23.8 Å². The van der Waals surface area contributed by atoms with Crippen LogP contribution >= 0.6 is 34.3 Å². The van der Waals surface area contributed by atoms with Crippen molar-refractivity contribution in [3.63, 3.8) is 0 Å². The van der Waals surface area contributed by atoms with Gasteiger partial charge in [-0.15, -0.1) is 22.7 Å². The van der Waals surface area contributed by atoms with E-state index in [9.17, 15) is 9.59 Å². The summed E-state index contributed by atoms with van der Waals surface area (Å²) in [7, 11) is 0. The monoisotopic (exact) mass is 411 g/mol. The van der Waals surface area contributed by atoms with Gasteiger partial charge in [0.15, 0.2) is 0 Å². The van der Waals surface area contributed by atoms with Crippen LogP contribution in [0.3, 0.4) is 0 Å². The molecule has 5 nitrogen and oxygen atoms in total. The molecule has 2 aromatic heterocycles. The summed E-state index contributed by atoms with van der Waals surface area (Å²) in [5, 5.41) is 5.86. The second-order valence-corrected chi connectivity index (χ2v) is 9.34. The number of piperidine rings is 1. The van der Waals surface area contributed by atoms with Gasteiger partial charge in [-0.05, 0) is 25.0 Å². The zero-order valence-electron chi connectivity index (χ0n) is 14.8. The zero-order chi connectivity index (χ0) is 18.7. The van der Waals surface area contributed by atoms with E-state index in [1.807, 2.05) is 36.3 Å². The minimum atomic E-state index is -0.0414. The van der Waals surface area contributed by atoms with E-state index in [4.69, 9.17) is 11.6 Å². The Morgan fingerprint density at radius 2 is 2.23 bits per heavy atom. The number of rotatable bonds is 5. The van der Waals surface area contributed by atoms with Crippen molar-refractivity contribution in [2.45, 2.75) is 39.2 Å². The van der Waals surface area contributed by atoms with Crippen molar-refractivity contribution in [3.8, 4) is 9.88 Å². The number of thiophene rings is 1. The van der Waals surface area contributed by atoms with Crippen molar-refractivity contribution in [1.82, 2.24) is 15.2 Å². The topological polar surface area (TPSA) is 62.3 Å². The van der Waals surface area contributed by atoms with Gasteiger partial charge in [0, 0.05) is 30.4 Å². The van der Waals surface area contributed by atoms with Crippen LogP contribution in [-0.4, -0.2) is 40.8 Å². The Labute approximate surface area is 166 Å². The molecule has 3 heterocycles. The summed E-state index contributed by atoms with van der Waals surface area (Å²) < 4.78 is 0.732. The third kappa shape index (κ3) is 4.84. The Balaban J connectivity index is 1.57. The first-order valence-electron chi connectivity index (χ1n) is 8.70. The maximum absolute atomic E-state index is 12.6. The number of nitrogens with zero attached hydrogens (tertiary/aromatic N) is 2. The zero-order valence-corrected chi connectivity index (χ0v) is 17.2. The smallest absolute Gasteiger partial charge is 0.228 e. The van der Waals surface area contributed by atoms with E-state index in [0.29, 0.717) is 13.0 Å². The Kier molecular flexibility index (Phi) is 6.32. The van der Waals surface area contributed by atoms with E-state index in [0.717, 1.165) is 39.3 Å². The molecule has 1 aliphatic rings. The number of amides is 2. The molecule has 8 heteroatoms. The minimum Gasteiger partial charge on any atom is -0.351 e. The third-order valence-corrected chi connectivity index (χ3v) is 6.60. The Morgan fingerprint density at radius 3 is 2.92 bits per heavy atom. The van der Waals surface area contributed by atoms with Gasteiger partial charge in [-0.2, -0.15) is 0 Å². The standard InChI is InChI=1S/C18H22ClN3O2S2/c1-11(2)17(24)20-12-4-3-7-22(9-12)16(23)8-13-10-25-18(21-13)14-5-6-15(19)26-14/h5-6,10-12H,3-4,7-9H2,1-2H3,(H,20,24). The summed E-state index contributed by atoms with van der Waals surface area (Å²) in [4.78, 5) is 32.0. The van der Waals surface area contributed by atoms with E-state index in [1.54, 1.807) is 0 Å². The second-order valence-electron chi connectivity index (χ2n) is 6.77. The van der Waals surface area contributed by atoms with Crippen molar-refractivity contribution in [2.75, 3.05) is 13.1 Å². The van der Waals surface area contributed by atoms with Crippen LogP contribution in [0, 0.1) is 5.92 Å². The molecule has 3 rings (SSSR count). The highest BCUT2D eigenvalue weighted by atomic mass is 35.5. The minimum absolute atomic E-state index is 0.0414.